The molecule has 3 saturated carbocycles. The summed E-state index contributed by atoms with van der Waals surface area (Å²) >= 11 is 0. The van der Waals surface area contributed by atoms with E-state index in [0.29, 0.717) is 6.42 Å². The first kappa shape index (κ1) is 17.8. The Morgan fingerprint density at radius 2 is 2.04 bits per heavy atom. The summed E-state index contributed by atoms with van der Waals surface area (Å²) in [5.74, 6) is -0.186. The number of allylic oxidation sites excluding steroid dienone is 4. The lowest BCUT2D eigenvalue weighted by Gasteiger charge is -2.56. The van der Waals surface area contributed by atoms with Crippen molar-refractivity contribution in [2.45, 2.75) is 51.6 Å². The minimum atomic E-state index is -1.50. The molecule has 3 N–H and O–H groups in total. The lowest BCUT2D eigenvalue weighted by molar-refractivity contribution is -0.166. The largest absolute Gasteiger partial charge is 0.381 e. The van der Waals surface area contributed by atoms with Crippen LogP contribution in [0.25, 0.3) is 0 Å². The van der Waals surface area contributed by atoms with Gasteiger partial charge in [-0.15, -0.1) is 0 Å². The van der Waals surface area contributed by atoms with E-state index in [1.54, 1.807) is 12.2 Å². The molecule has 0 amide bonds. The van der Waals surface area contributed by atoms with E-state index in [1.165, 1.54) is 0 Å². The molecule has 0 aromatic carbocycles. The lowest BCUT2D eigenvalue weighted by Crippen LogP contribution is -2.61. The molecule has 0 radical (unpaired) electrons. The van der Waals surface area contributed by atoms with Gasteiger partial charge in [0.15, 0.2) is 11.6 Å². The van der Waals surface area contributed by atoms with Gasteiger partial charge in [-0.1, -0.05) is 25.5 Å². The molecule has 26 heavy (non-hydrogen) atoms. The van der Waals surface area contributed by atoms with Crippen molar-refractivity contribution in [3.05, 3.63) is 23.8 Å². The van der Waals surface area contributed by atoms with E-state index in [2.05, 4.69) is 6.92 Å². The molecule has 0 saturated heterocycles. The number of hydrogen-bond acceptors (Lipinski definition) is 5. The van der Waals surface area contributed by atoms with Crippen LogP contribution in [0.2, 0.25) is 0 Å². The van der Waals surface area contributed by atoms with E-state index in [4.69, 9.17) is 5.73 Å². The summed E-state index contributed by atoms with van der Waals surface area (Å²) in [7, 11) is 0. The summed E-state index contributed by atoms with van der Waals surface area (Å²) in [5, 5.41) is 11.2. The summed E-state index contributed by atoms with van der Waals surface area (Å²) in [4.78, 5) is 37.6. The molecular weight excluding hydrogens is 330 g/mol. The topological polar surface area (TPSA) is 97.5 Å². The van der Waals surface area contributed by atoms with Crippen molar-refractivity contribution >= 4 is 17.3 Å². The zero-order valence-corrected chi connectivity index (χ0v) is 15.5. The number of carbonyl (C=O) groups excluding carboxylic acids is 3. The van der Waals surface area contributed by atoms with Crippen LogP contribution in [0.15, 0.2) is 23.8 Å². The molecule has 4 aliphatic carbocycles. The van der Waals surface area contributed by atoms with Crippen LogP contribution in [0.4, 0.5) is 0 Å². The predicted octanol–water partition coefficient (Wildman–Crippen LogP) is 1.73. The van der Waals surface area contributed by atoms with Gasteiger partial charge in [0.1, 0.15) is 11.4 Å². The van der Waals surface area contributed by atoms with E-state index in [-0.39, 0.29) is 48.1 Å². The van der Waals surface area contributed by atoms with Crippen molar-refractivity contribution in [1.82, 2.24) is 0 Å². The van der Waals surface area contributed by atoms with Crippen molar-refractivity contribution in [3.8, 4) is 0 Å². The van der Waals surface area contributed by atoms with Crippen LogP contribution in [0, 0.1) is 28.6 Å². The second-order valence-corrected chi connectivity index (χ2v) is 9.06. The highest BCUT2D eigenvalue weighted by Crippen LogP contribution is 2.65. The zero-order chi connectivity index (χ0) is 18.9. The first-order chi connectivity index (χ1) is 12.2. The standard InChI is InChI=1S/C21H27NO4/c1-19-7-5-13(23)9-12(19)3-4-14-15-6-8-21(26,17(25)11-22)20(15,2)10-16(24)18(14)19/h5,7,9,14-15,18,26H,3-4,6,8,10-11,22H2,1-2H3/t14-,15-,18+,19-,20-,21-/m0/s1. The highest BCUT2D eigenvalue weighted by Gasteiger charge is 2.68. The van der Waals surface area contributed by atoms with Crippen molar-refractivity contribution in [1.29, 1.82) is 0 Å². The van der Waals surface area contributed by atoms with Gasteiger partial charge in [0.2, 0.25) is 0 Å². The molecule has 5 heteroatoms. The van der Waals surface area contributed by atoms with Crippen LogP contribution in [-0.2, 0) is 14.4 Å². The first-order valence-electron chi connectivity index (χ1n) is 9.60. The Kier molecular flexibility index (Phi) is 3.74. The lowest BCUT2D eigenvalue weighted by atomic mass is 9.46. The number of rotatable bonds is 2. The average Bonchev–Trinajstić information content (AvgIpc) is 2.86. The molecule has 0 aliphatic heterocycles. The van der Waals surface area contributed by atoms with Gasteiger partial charge in [-0.25, -0.2) is 0 Å². The van der Waals surface area contributed by atoms with Gasteiger partial charge < -0.3 is 10.8 Å². The van der Waals surface area contributed by atoms with Gasteiger partial charge in [0, 0.05) is 23.2 Å². The average molecular weight is 357 g/mol. The van der Waals surface area contributed by atoms with Crippen molar-refractivity contribution in [3.63, 3.8) is 0 Å². The van der Waals surface area contributed by atoms with E-state index < -0.39 is 16.4 Å². The van der Waals surface area contributed by atoms with Gasteiger partial charge in [-0.2, -0.15) is 0 Å². The van der Waals surface area contributed by atoms with E-state index >= 15 is 0 Å². The smallest absolute Gasteiger partial charge is 0.178 e. The van der Waals surface area contributed by atoms with Gasteiger partial charge in [0.05, 0.1) is 6.54 Å². The molecular formula is C21H27NO4. The third-order valence-corrected chi connectivity index (χ3v) is 8.06. The van der Waals surface area contributed by atoms with Gasteiger partial charge in [-0.3, -0.25) is 14.4 Å². The normalized spacial score (nSPS) is 47.1. The Morgan fingerprint density at radius 1 is 1.31 bits per heavy atom. The fourth-order valence-corrected chi connectivity index (χ4v) is 6.66. The molecule has 6 atom stereocenters. The first-order valence-corrected chi connectivity index (χ1v) is 9.60. The molecule has 140 valence electrons. The molecule has 0 heterocycles. The number of fused-ring (bicyclic) bond motifs is 5. The van der Waals surface area contributed by atoms with Crippen LogP contribution in [-0.4, -0.2) is 34.6 Å². The second-order valence-electron chi connectivity index (χ2n) is 9.06. The number of hydrogen-bond donors (Lipinski definition) is 2. The van der Waals surface area contributed by atoms with Crippen LogP contribution >= 0.6 is 0 Å². The summed E-state index contributed by atoms with van der Waals surface area (Å²) in [6.07, 6.45) is 8.12. The highest BCUT2D eigenvalue weighted by molar-refractivity contribution is 6.02. The maximum absolute atomic E-state index is 13.3. The Morgan fingerprint density at radius 3 is 2.73 bits per heavy atom. The molecule has 4 aliphatic rings. The van der Waals surface area contributed by atoms with E-state index in [0.717, 1.165) is 24.8 Å². The number of Topliss-reactive ketones (excluding diaryl/α,β-unsaturated/α-hetero) is 2. The van der Waals surface area contributed by atoms with Gasteiger partial charge in [-0.05, 0) is 49.7 Å². The maximum atomic E-state index is 13.3. The second kappa shape index (κ2) is 5.46. The van der Waals surface area contributed by atoms with Crippen LogP contribution in [0.1, 0.15) is 46.0 Å². The Bertz CT molecular complexity index is 768. The summed E-state index contributed by atoms with van der Waals surface area (Å²) < 4.78 is 0. The van der Waals surface area contributed by atoms with Gasteiger partial charge in [0.25, 0.3) is 0 Å². The van der Waals surface area contributed by atoms with Crippen LogP contribution in [0.5, 0.6) is 0 Å². The molecule has 0 spiro atoms. The van der Waals surface area contributed by atoms with Crippen molar-refractivity contribution in [2.75, 3.05) is 6.54 Å². The minimum Gasteiger partial charge on any atom is -0.381 e. The third-order valence-electron chi connectivity index (χ3n) is 8.06. The molecule has 0 unspecified atom stereocenters. The molecule has 4 rings (SSSR count). The van der Waals surface area contributed by atoms with Crippen LogP contribution in [0.3, 0.4) is 0 Å². The Hall–Kier alpha value is -1.59. The minimum absolute atomic E-state index is 0.00666. The fraction of sp³-hybridized carbons (Fsp3) is 0.667. The number of nitrogens with two attached hydrogens (primary N) is 1. The van der Waals surface area contributed by atoms with E-state index in [9.17, 15) is 19.5 Å². The number of aliphatic hydroxyl groups is 1. The SMILES string of the molecule is C[C@]12C=CC(=O)C=C1CC[C@@H]1[C@@H]2C(=O)C[C@@]2(C)[C@H]1CC[C@]2(O)C(=O)CN. The predicted molar refractivity (Wildman–Crippen MR) is 96.0 cm³/mol. The summed E-state index contributed by atoms with van der Waals surface area (Å²) in [6, 6.07) is 0. The van der Waals surface area contributed by atoms with Crippen molar-refractivity contribution < 1.29 is 19.5 Å². The van der Waals surface area contributed by atoms with Crippen molar-refractivity contribution in [2.24, 2.45) is 34.3 Å². The fourth-order valence-electron chi connectivity index (χ4n) is 6.66. The number of carbonyl (C=O) groups is 3. The van der Waals surface area contributed by atoms with Crippen LogP contribution < -0.4 is 5.73 Å². The quantitative estimate of drug-likeness (QED) is 0.784. The third kappa shape index (κ3) is 2.01. The summed E-state index contributed by atoms with van der Waals surface area (Å²) in [6.45, 7) is 3.77. The number of ketones is 3. The maximum Gasteiger partial charge on any atom is 0.178 e. The zero-order valence-electron chi connectivity index (χ0n) is 15.5. The van der Waals surface area contributed by atoms with E-state index in [1.807, 2.05) is 13.0 Å². The highest BCUT2D eigenvalue weighted by atomic mass is 16.3. The molecule has 0 aromatic rings. The monoisotopic (exact) mass is 357 g/mol. The molecule has 5 nitrogen and oxygen atoms in total. The Balaban J connectivity index is 1.76. The Labute approximate surface area is 153 Å². The molecule has 0 aromatic heterocycles. The summed E-state index contributed by atoms with van der Waals surface area (Å²) in [5.41, 5.74) is 3.95. The molecule has 0 bridgehead atoms. The molecule has 3 fully saturated rings. The van der Waals surface area contributed by atoms with Gasteiger partial charge >= 0.3 is 0 Å².